The van der Waals surface area contributed by atoms with E-state index in [0.717, 1.165) is 5.56 Å². The average molecular weight is 319 g/mol. The molecule has 0 saturated carbocycles. The van der Waals surface area contributed by atoms with Crippen LogP contribution in [0.1, 0.15) is 17.4 Å². The summed E-state index contributed by atoms with van der Waals surface area (Å²) in [5.41, 5.74) is 0.750. The van der Waals surface area contributed by atoms with Gasteiger partial charge in [-0.2, -0.15) is 0 Å². The fourth-order valence-electron chi connectivity index (χ4n) is 1.97. The summed E-state index contributed by atoms with van der Waals surface area (Å²) in [5, 5.41) is 20.2. The van der Waals surface area contributed by atoms with E-state index < -0.39 is 23.7 Å². The molecule has 1 aromatic heterocycles. The summed E-state index contributed by atoms with van der Waals surface area (Å²) >= 11 is 0. The van der Waals surface area contributed by atoms with E-state index in [-0.39, 0.29) is 5.82 Å². The van der Waals surface area contributed by atoms with Gasteiger partial charge in [0.2, 0.25) is 11.7 Å². The lowest BCUT2D eigenvalue weighted by Gasteiger charge is -2.16. The predicted octanol–water partition coefficient (Wildman–Crippen LogP) is 2.35. The highest BCUT2D eigenvalue weighted by atomic mass is 19.1. The average Bonchev–Trinajstić information content (AvgIpc) is 3.03. The van der Waals surface area contributed by atoms with E-state index in [0.29, 0.717) is 18.3 Å². The largest absolute Gasteiger partial charge is 0.502 e. The number of halogens is 1. The number of carboxylic acid groups (broad SMARTS) is 1. The van der Waals surface area contributed by atoms with Crippen LogP contribution in [0.2, 0.25) is 0 Å². The van der Waals surface area contributed by atoms with Gasteiger partial charge in [-0.1, -0.05) is 12.1 Å². The van der Waals surface area contributed by atoms with Crippen molar-refractivity contribution in [2.24, 2.45) is 0 Å². The molecule has 1 unspecified atom stereocenters. The second-order valence-corrected chi connectivity index (χ2v) is 4.74. The molecule has 3 N–H and O–H groups in total. The number of carbonyl (C=O) groups excluding carboxylic acids is 1. The number of aliphatic hydroxyl groups is 1. The van der Waals surface area contributed by atoms with E-state index in [1.165, 1.54) is 18.4 Å². The lowest BCUT2D eigenvalue weighted by molar-refractivity contribution is -0.136. The summed E-state index contributed by atoms with van der Waals surface area (Å²) in [4.78, 5) is 22.3. The summed E-state index contributed by atoms with van der Waals surface area (Å²) in [5.74, 6) is -3.38. The zero-order valence-electron chi connectivity index (χ0n) is 11.9. The van der Waals surface area contributed by atoms with Gasteiger partial charge in [0.05, 0.1) is 18.4 Å². The molecule has 0 fully saturated rings. The van der Waals surface area contributed by atoms with E-state index in [1.54, 1.807) is 24.3 Å². The number of carbonyl (C=O) groups is 2. The molecule has 0 saturated heterocycles. The highest BCUT2D eigenvalue weighted by Crippen LogP contribution is 2.19. The van der Waals surface area contributed by atoms with Crippen LogP contribution in [0, 0.1) is 5.82 Å². The predicted molar refractivity (Wildman–Crippen MR) is 78.0 cm³/mol. The number of hydrogen-bond acceptors (Lipinski definition) is 4. The number of amides is 1. The number of furan rings is 1. The molecule has 1 aromatic carbocycles. The Morgan fingerprint density at radius 1 is 1.22 bits per heavy atom. The minimum absolute atomic E-state index is 0.307. The summed E-state index contributed by atoms with van der Waals surface area (Å²) < 4.78 is 18.2. The third kappa shape index (κ3) is 4.70. The van der Waals surface area contributed by atoms with Crippen LogP contribution in [0.4, 0.5) is 4.39 Å². The van der Waals surface area contributed by atoms with Gasteiger partial charge in [-0.15, -0.1) is 0 Å². The van der Waals surface area contributed by atoms with Gasteiger partial charge < -0.3 is 19.9 Å². The van der Waals surface area contributed by atoms with E-state index in [2.05, 4.69) is 5.32 Å². The maximum Gasteiger partial charge on any atom is 0.371 e. The number of hydrogen-bond donors (Lipinski definition) is 3. The van der Waals surface area contributed by atoms with Gasteiger partial charge in [0.1, 0.15) is 11.6 Å². The summed E-state index contributed by atoms with van der Waals surface area (Å²) in [6.07, 6.45) is 2.31. The molecular formula is C16H14FNO5. The van der Waals surface area contributed by atoms with Crippen molar-refractivity contribution in [1.82, 2.24) is 5.32 Å². The van der Waals surface area contributed by atoms with Crippen molar-refractivity contribution >= 4 is 11.9 Å². The smallest absolute Gasteiger partial charge is 0.371 e. The fourth-order valence-corrected chi connectivity index (χ4v) is 1.97. The van der Waals surface area contributed by atoms with Gasteiger partial charge in [-0.05, 0) is 36.2 Å². The van der Waals surface area contributed by atoms with Gasteiger partial charge in [-0.3, -0.25) is 4.79 Å². The van der Waals surface area contributed by atoms with Gasteiger partial charge in [-0.25, -0.2) is 9.18 Å². The first-order valence-electron chi connectivity index (χ1n) is 6.68. The highest BCUT2D eigenvalue weighted by molar-refractivity contribution is 5.96. The number of nitrogens with one attached hydrogen (secondary N) is 1. The molecule has 1 heterocycles. The van der Waals surface area contributed by atoms with Crippen molar-refractivity contribution in [3.05, 3.63) is 71.6 Å². The van der Waals surface area contributed by atoms with Crippen LogP contribution in [0.25, 0.3) is 0 Å². The van der Waals surface area contributed by atoms with Crippen LogP contribution in [0.5, 0.6) is 0 Å². The molecule has 0 radical (unpaired) electrons. The molecule has 2 aromatic rings. The molecule has 7 heteroatoms. The molecule has 0 aliphatic rings. The number of aliphatic hydroxyl groups excluding tert-OH is 1. The zero-order chi connectivity index (χ0) is 16.8. The molecular weight excluding hydrogens is 305 g/mol. The Bertz CT molecular complexity index is 707. The standard InChI is InChI=1S/C16H14FNO5/c17-11-5-3-10(4-6-11)8-12(14-2-1-7-23-14)18-15(20)9-13(19)16(21)22/h1-7,9,12,19H,8H2,(H,18,20)(H,21,22)/b13-9-. The number of rotatable bonds is 6. The van der Waals surface area contributed by atoms with E-state index in [9.17, 15) is 14.0 Å². The lowest BCUT2D eigenvalue weighted by atomic mass is 10.0. The molecule has 0 aliphatic carbocycles. The van der Waals surface area contributed by atoms with Gasteiger partial charge in [0.25, 0.3) is 0 Å². The van der Waals surface area contributed by atoms with Crippen molar-refractivity contribution in [2.75, 3.05) is 0 Å². The topological polar surface area (TPSA) is 99.8 Å². The second-order valence-electron chi connectivity index (χ2n) is 4.74. The van der Waals surface area contributed by atoms with Crippen LogP contribution in [0.15, 0.2) is 58.9 Å². The maximum absolute atomic E-state index is 12.9. The van der Waals surface area contributed by atoms with Crippen molar-refractivity contribution in [2.45, 2.75) is 12.5 Å². The Morgan fingerprint density at radius 2 is 1.91 bits per heavy atom. The third-order valence-electron chi connectivity index (χ3n) is 3.04. The highest BCUT2D eigenvalue weighted by Gasteiger charge is 2.18. The molecule has 0 bridgehead atoms. The van der Waals surface area contributed by atoms with Crippen molar-refractivity contribution in [3.8, 4) is 0 Å². The van der Waals surface area contributed by atoms with Crippen molar-refractivity contribution in [3.63, 3.8) is 0 Å². The van der Waals surface area contributed by atoms with Gasteiger partial charge in [0.15, 0.2) is 0 Å². The Kier molecular flexibility index (Phi) is 5.14. The van der Waals surface area contributed by atoms with Crippen LogP contribution in [-0.4, -0.2) is 22.1 Å². The molecule has 2 rings (SSSR count). The fraction of sp³-hybridized carbons (Fsp3) is 0.125. The van der Waals surface area contributed by atoms with Crippen LogP contribution in [0.3, 0.4) is 0 Å². The Balaban J connectivity index is 2.15. The number of aliphatic carboxylic acids is 1. The summed E-state index contributed by atoms with van der Waals surface area (Å²) in [7, 11) is 0. The van der Waals surface area contributed by atoms with Gasteiger partial charge in [0, 0.05) is 0 Å². The van der Waals surface area contributed by atoms with Crippen LogP contribution < -0.4 is 5.32 Å². The molecule has 6 nitrogen and oxygen atoms in total. The minimum Gasteiger partial charge on any atom is -0.502 e. The quantitative estimate of drug-likeness (QED) is 0.560. The summed E-state index contributed by atoms with van der Waals surface area (Å²) in [6.45, 7) is 0. The molecule has 1 amide bonds. The first-order chi connectivity index (χ1) is 11.0. The monoisotopic (exact) mass is 319 g/mol. The number of carboxylic acids is 1. The van der Waals surface area contributed by atoms with E-state index in [1.807, 2.05) is 0 Å². The molecule has 120 valence electrons. The first-order valence-corrected chi connectivity index (χ1v) is 6.68. The molecule has 23 heavy (non-hydrogen) atoms. The molecule has 0 aliphatic heterocycles. The zero-order valence-corrected chi connectivity index (χ0v) is 11.9. The Labute approximate surface area is 130 Å². The van der Waals surface area contributed by atoms with E-state index in [4.69, 9.17) is 14.6 Å². The third-order valence-corrected chi connectivity index (χ3v) is 3.04. The van der Waals surface area contributed by atoms with Crippen molar-refractivity contribution < 1.29 is 28.6 Å². The molecule has 0 spiro atoms. The summed E-state index contributed by atoms with van der Waals surface area (Å²) in [6, 6.07) is 8.43. The first kappa shape index (κ1) is 16.3. The van der Waals surface area contributed by atoms with Crippen LogP contribution >= 0.6 is 0 Å². The van der Waals surface area contributed by atoms with Gasteiger partial charge >= 0.3 is 5.97 Å². The lowest BCUT2D eigenvalue weighted by Crippen LogP contribution is -2.29. The normalized spacial score (nSPS) is 12.7. The SMILES string of the molecule is O=C(/C=C(\O)C(=O)O)NC(Cc1ccc(F)cc1)c1ccco1. The van der Waals surface area contributed by atoms with Crippen LogP contribution in [-0.2, 0) is 16.0 Å². The number of benzene rings is 1. The Hall–Kier alpha value is -3.09. The molecule has 1 atom stereocenters. The maximum atomic E-state index is 12.9. The minimum atomic E-state index is -1.60. The van der Waals surface area contributed by atoms with Crippen molar-refractivity contribution in [1.29, 1.82) is 0 Å². The second kappa shape index (κ2) is 7.26. The Morgan fingerprint density at radius 3 is 2.48 bits per heavy atom. The van der Waals surface area contributed by atoms with E-state index >= 15 is 0 Å².